The van der Waals surface area contributed by atoms with Crippen LogP contribution in [0, 0.1) is 0 Å². The van der Waals surface area contributed by atoms with Crippen LogP contribution in [0.3, 0.4) is 0 Å². The molecule has 2 aromatic rings. The average molecular weight is 413 g/mol. The number of ether oxygens (including phenoxy) is 1. The molecule has 0 saturated heterocycles. The summed E-state index contributed by atoms with van der Waals surface area (Å²) in [6.45, 7) is 3.07. The minimum Gasteiger partial charge on any atom is -0.459 e. The maximum atomic E-state index is 13.5. The minimum atomic E-state index is -4.77. The van der Waals surface area contributed by atoms with Crippen LogP contribution in [0.5, 0.6) is 0 Å². The molecule has 1 fully saturated rings. The lowest BCUT2D eigenvalue weighted by atomic mass is 9.99. The molecule has 1 saturated carbocycles. The standard InChI is InChI=1S/C19H18F3NO4S/c1-9(2)26-18(25)15-12(19(20,21)22)7-6-11(17(15)28-3)16(24)13-8-14(27-23-13)10-4-5-10/h6-10H,4-5H2,1-3H3. The Labute approximate surface area is 163 Å². The van der Waals surface area contributed by atoms with Gasteiger partial charge in [0, 0.05) is 22.4 Å². The molecular weight excluding hydrogens is 395 g/mol. The van der Waals surface area contributed by atoms with Gasteiger partial charge in [-0.1, -0.05) is 5.16 Å². The third kappa shape index (κ3) is 4.09. The monoisotopic (exact) mass is 413 g/mol. The molecule has 0 radical (unpaired) electrons. The van der Waals surface area contributed by atoms with Gasteiger partial charge in [-0.25, -0.2) is 4.79 Å². The minimum absolute atomic E-state index is 0.000126. The Hall–Kier alpha value is -2.29. The van der Waals surface area contributed by atoms with E-state index in [-0.39, 0.29) is 22.1 Å². The number of alkyl halides is 3. The second-order valence-corrected chi connectivity index (χ2v) is 7.56. The summed E-state index contributed by atoms with van der Waals surface area (Å²) < 4.78 is 50.6. The van der Waals surface area contributed by atoms with Crippen molar-refractivity contribution in [2.45, 2.75) is 49.8 Å². The molecule has 3 rings (SSSR count). The highest BCUT2D eigenvalue weighted by Gasteiger charge is 2.39. The van der Waals surface area contributed by atoms with Crippen LogP contribution >= 0.6 is 11.8 Å². The van der Waals surface area contributed by atoms with Gasteiger partial charge in [0.1, 0.15) is 5.76 Å². The third-order valence-electron chi connectivity index (χ3n) is 4.20. The molecule has 150 valence electrons. The predicted octanol–water partition coefficient (Wildman–Crippen LogP) is 5.09. The van der Waals surface area contributed by atoms with E-state index in [0.29, 0.717) is 5.76 Å². The molecule has 9 heteroatoms. The van der Waals surface area contributed by atoms with E-state index < -0.39 is 35.2 Å². The lowest BCUT2D eigenvalue weighted by Crippen LogP contribution is -2.20. The quantitative estimate of drug-likeness (QED) is 0.373. The van der Waals surface area contributed by atoms with Crippen LogP contribution < -0.4 is 0 Å². The number of rotatable bonds is 6. The van der Waals surface area contributed by atoms with E-state index in [2.05, 4.69) is 5.16 Å². The first-order valence-corrected chi connectivity index (χ1v) is 9.86. The molecule has 5 nitrogen and oxygen atoms in total. The Kier molecular flexibility index (Phi) is 5.56. The Morgan fingerprint density at radius 2 is 1.96 bits per heavy atom. The third-order valence-corrected chi connectivity index (χ3v) is 5.03. The van der Waals surface area contributed by atoms with Crippen molar-refractivity contribution in [3.63, 3.8) is 0 Å². The molecule has 0 aliphatic heterocycles. The number of esters is 1. The largest absolute Gasteiger partial charge is 0.459 e. The molecule has 0 spiro atoms. The second-order valence-electron chi connectivity index (χ2n) is 6.74. The van der Waals surface area contributed by atoms with Gasteiger partial charge in [-0.3, -0.25) is 4.79 Å². The first kappa shape index (κ1) is 20.4. The molecular formula is C19H18F3NO4S. The van der Waals surface area contributed by atoms with Crippen molar-refractivity contribution in [3.05, 3.63) is 46.3 Å². The molecule has 0 amide bonds. The van der Waals surface area contributed by atoms with Crippen LogP contribution in [-0.4, -0.2) is 29.3 Å². The molecule has 0 unspecified atom stereocenters. The van der Waals surface area contributed by atoms with E-state index in [1.165, 1.54) is 26.2 Å². The van der Waals surface area contributed by atoms with Gasteiger partial charge in [0.2, 0.25) is 5.78 Å². The summed E-state index contributed by atoms with van der Waals surface area (Å²) in [6, 6.07) is 3.30. The van der Waals surface area contributed by atoms with E-state index in [0.717, 1.165) is 36.7 Å². The lowest BCUT2D eigenvalue weighted by molar-refractivity contribution is -0.138. The van der Waals surface area contributed by atoms with Crippen LogP contribution in [0.2, 0.25) is 0 Å². The first-order chi connectivity index (χ1) is 13.1. The van der Waals surface area contributed by atoms with Gasteiger partial charge in [0.25, 0.3) is 0 Å². The van der Waals surface area contributed by atoms with E-state index in [4.69, 9.17) is 9.26 Å². The zero-order chi connectivity index (χ0) is 20.6. The van der Waals surface area contributed by atoms with Crippen LogP contribution in [0.15, 0.2) is 27.6 Å². The van der Waals surface area contributed by atoms with Crippen molar-refractivity contribution in [1.29, 1.82) is 0 Å². The summed E-state index contributed by atoms with van der Waals surface area (Å²) in [4.78, 5) is 25.2. The number of carbonyl (C=O) groups excluding carboxylic acids is 2. The normalized spacial score (nSPS) is 14.4. The van der Waals surface area contributed by atoms with Gasteiger partial charge in [-0.2, -0.15) is 13.2 Å². The number of ketones is 1. The lowest BCUT2D eigenvalue weighted by Gasteiger charge is -2.18. The first-order valence-electron chi connectivity index (χ1n) is 8.64. The fourth-order valence-corrected chi connectivity index (χ4v) is 3.56. The predicted molar refractivity (Wildman–Crippen MR) is 95.7 cm³/mol. The number of hydrogen-bond donors (Lipinski definition) is 0. The van der Waals surface area contributed by atoms with Gasteiger partial charge in [-0.05, 0) is 45.1 Å². The second kappa shape index (κ2) is 7.62. The molecule has 1 aliphatic rings. The summed E-state index contributed by atoms with van der Waals surface area (Å²) in [5, 5.41) is 3.75. The van der Waals surface area contributed by atoms with E-state index in [1.54, 1.807) is 0 Å². The van der Waals surface area contributed by atoms with Crippen molar-refractivity contribution >= 4 is 23.5 Å². The number of aromatic nitrogens is 1. The average Bonchev–Trinajstić information content (AvgIpc) is 3.35. The van der Waals surface area contributed by atoms with Gasteiger partial charge < -0.3 is 9.26 Å². The fourth-order valence-electron chi connectivity index (χ4n) is 2.78. The number of halogens is 3. The summed E-state index contributed by atoms with van der Waals surface area (Å²) in [5.41, 5.74) is -1.85. The van der Waals surface area contributed by atoms with Crippen LogP contribution in [0.4, 0.5) is 13.2 Å². The Balaban J connectivity index is 2.10. The molecule has 1 aromatic carbocycles. The number of thioether (sulfide) groups is 1. The van der Waals surface area contributed by atoms with Gasteiger partial charge in [0.05, 0.1) is 17.2 Å². The zero-order valence-corrected chi connectivity index (χ0v) is 16.2. The maximum absolute atomic E-state index is 13.5. The fraction of sp³-hybridized carbons (Fsp3) is 0.421. The Morgan fingerprint density at radius 3 is 2.50 bits per heavy atom. The van der Waals surface area contributed by atoms with Crippen LogP contribution in [0.25, 0.3) is 0 Å². The molecule has 1 heterocycles. The molecule has 28 heavy (non-hydrogen) atoms. The van der Waals surface area contributed by atoms with Crippen molar-refractivity contribution in [1.82, 2.24) is 5.16 Å². The summed E-state index contributed by atoms with van der Waals surface area (Å²) in [5.74, 6) is -0.911. The smallest absolute Gasteiger partial charge is 0.417 e. The SMILES string of the molecule is CSc1c(C(=O)c2cc(C3CC3)on2)ccc(C(F)(F)F)c1C(=O)OC(C)C. The van der Waals surface area contributed by atoms with Crippen molar-refractivity contribution in [3.8, 4) is 0 Å². The number of benzene rings is 1. The summed E-state index contributed by atoms with van der Waals surface area (Å²) in [6.07, 6.45) is -1.99. The molecule has 0 atom stereocenters. The molecule has 0 N–H and O–H groups in total. The zero-order valence-electron chi connectivity index (χ0n) is 15.4. The highest BCUT2D eigenvalue weighted by molar-refractivity contribution is 7.98. The van der Waals surface area contributed by atoms with Gasteiger partial charge in [-0.15, -0.1) is 11.8 Å². The highest BCUT2D eigenvalue weighted by atomic mass is 32.2. The molecule has 1 aliphatic carbocycles. The molecule has 0 bridgehead atoms. The van der Waals surface area contributed by atoms with E-state index in [1.807, 2.05) is 0 Å². The van der Waals surface area contributed by atoms with Gasteiger partial charge in [0.15, 0.2) is 5.69 Å². The Morgan fingerprint density at radius 1 is 1.29 bits per heavy atom. The highest BCUT2D eigenvalue weighted by Crippen LogP contribution is 2.41. The Bertz CT molecular complexity index is 916. The van der Waals surface area contributed by atoms with Crippen molar-refractivity contribution in [2.24, 2.45) is 0 Å². The summed E-state index contributed by atoms with van der Waals surface area (Å²) in [7, 11) is 0. The van der Waals surface area contributed by atoms with Crippen LogP contribution in [0.1, 0.15) is 70.3 Å². The van der Waals surface area contributed by atoms with Crippen molar-refractivity contribution in [2.75, 3.05) is 6.26 Å². The summed E-state index contributed by atoms with van der Waals surface area (Å²) >= 11 is 0.876. The van der Waals surface area contributed by atoms with E-state index >= 15 is 0 Å². The maximum Gasteiger partial charge on any atom is 0.417 e. The number of carbonyl (C=O) groups is 2. The van der Waals surface area contributed by atoms with Gasteiger partial charge >= 0.3 is 12.1 Å². The molecule has 1 aromatic heterocycles. The van der Waals surface area contributed by atoms with Crippen LogP contribution in [-0.2, 0) is 10.9 Å². The van der Waals surface area contributed by atoms with E-state index in [9.17, 15) is 22.8 Å². The number of nitrogens with zero attached hydrogens (tertiary/aromatic N) is 1. The number of hydrogen-bond acceptors (Lipinski definition) is 6. The topological polar surface area (TPSA) is 69.4 Å². The van der Waals surface area contributed by atoms with Crippen molar-refractivity contribution < 1.29 is 32.0 Å².